The molecule has 4 heteroatoms. The fourth-order valence-corrected chi connectivity index (χ4v) is 1.50. The molecule has 0 saturated heterocycles. The number of nitrogens with one attached hydrogen (secondary N) is 1. The van der Waals surface area contributed by atoms with Crippen molar-refractivity contribution in [3.05, 3.63) is 41.6 Å². The van der Waals surface area contributed by atoms with Crippen LogP contribution in [0.2, 0.25) is 0 Å². The van der Waals surface area contributed by atoms with Crippen molar-refractivity contribution in [3.63, 3.8) is 0 Å². The van der Waals surface area contributed by atoms with Gasteiger partial charge in [-0.3, -0.25) is 4.68 Å². The summed E-state index contributed by atoms with van der Waals surface area (Å²) in [6, 6.07) is 8.04. The minimum Gasteiger partial charge on any atom is -0.399 e. The first kappa shape index (κ1) is 10.5. The molecule has 84 valence electrons. The minimum atomic E-state index is 0.738. The van der Waals surface area contributed by atoms with E-state index in [2.05, 4.69) is 16.5 Å². The lowest BCUT2D eigenvalue weighted by Gasteiger charge is -2.06. The maximum Gasteiger partial charge on any atom is 0.148 e. The Hall–Kier alpha value is -1.97. The van der Waals surface area contributed by atoms with Crippen molar-refractivity contribution in [1.29, 1.82) is 0 Å². The van der Waals surface area contributed by atoms with E-state index in [1.165, 1.54) is 0 Å². The predicted octanol–water partition coefficient (Wildman–Crippen LogP) is 1.92. The average molecular weight is 216 g/mol. The van der Waals surface area contributed by atoms with Gasteiger partial charge in [0.05, 0.1) is 0 Å². The van der Waals surface area contributed by atoms with Crippen LogP contribution in [0.25, 0.3) is 0 Å². The number of nitrogen functional groups attached to an aromatic ring is 1. The van der Waals surface area contributed by atoms with Gasteiger partial charge in [-0.15, -0.1) is 0 Å². The summed E-state index contributed by atoms with van der Waals surface area (Å²) in [7, 11) is 1.90. The molecular weight excluding hydrogens is 200 g/mol. The van der Waals surface area contributed by atoms with Crippen molar-refractivity contribution in [2.24, 2.45) is 7.05 Å². The first-order chi connectivity index (χ1) is 7.65. The molecule has 1 aromatic heterocycles. The average Bonchev–Trinajstić information content (AvgIpc) is 2.66. The molecule has 16 heavy (non-hydrogen) atoms. The zero-order chi connectivity index (χ0) is 11.5. The largest absolute Gasteiger partial charge is 0.399 e. The quantitative estimate of drug-likeness (QED) is 0.771. The van der Waals surface area contributed by atoms with Crippen LogP contribution >= 0.6 is 0 Å². The fraction of sp³-hybridized carbons (Fsp3) is 0.250. The molecule has 0 bridgehead atoms. The highest BCUT2D eigenvalue weighted by atomic mass is 15.3. The Morgan fingerprint density at radius 2 is 2.19 bits per heavy atom. The molecule has 0 amide bonds. The van der Waals surface area contributed by atoms with Gasteiger partial charge in [0.15, 0.2) is 0 Å². The van der Waals surface area contributed by atoms with Crippen molar-refractivity contribution in [1.82, 2.24) is 9.78 Å². The summed E-state index contributed by atoms with van der Waals surface area (Å²) in [6.07, 6.45) is 1.91. The molecule has 0 radical (unpaired) electrons. The van der Waals surface area contributed by atoms with Gasteiger partial charge < -0.3 is 11.1 Å². The van der Waals surface area contributed by atoms with Crippen LogP contribution in [0.4, 0.5) is 11.5 Å². The molecule has 1 heterocycles. The molecule has 0 atom stereocenters. The summed E-state index contributed by atoms with van der Waals surface area (Å²) in [5, 5.41) is 7.48. The Bertz CT molecular complexity index is 488. The zero-order valence-electron chi connectivity index (χ0n) is 9.57. The van der Waals surface area contributed by atoms with Gasteiger partial charge in [0, 0.05) is 31.5 Å². The summed E-state index contributed by atoms with van der Waals surface area (Å²) < 4.78 is 1.77. The summed E-state index contributed by atoms with van der Waals surface area (Å²) in [5.41, 5.74) is 8.95. The second-order valence-electron chi connectivity index (χ2n) is 3.92. The zero-order valence-corrected chi connectivity index (χ0v) is 9.57. The van der Waals surface area contributed by atoms with Crippen LogP contribution in [-0.2, 0) is 13.6 Å². The van der Waals surface area contributed by atoms with Crippen molar-refractivity contribution < 1.29 is 0 Å². The van der Waals surface area contributed by atoms with E-state index in [-0.39, 0.29) is 0 Å². The standard InChI is InChI=1S/C12H16N4/c1-9-3-4-10(7-11(9)13)8-14-12-5-6-16(2)15-12/h3-7H,8,13H2,1-2H3,(H,14,15). The van der Waals surface area contributed by atoms with Crippen LogP contribution in [-0.4, -0.2) is 9.78 Å². The second kappa shape index (κ2) is 4.26. The Morgan fingerprint density at radius 3 is 2.81 bits per heavy atom. The van der Waals surface area contributed by atoms with E-state index in [1.807, 2.05) is 38.4 Å². The van der Waals surface area contributed by atoms with Crippen LogP contribution < -0.4 is 11.1 Å². The lowest BCUT2D eigenvalue weighted by Crippen LogP contribution is -2.02. The first-order valence-electron chi connectivity index (χ1n) is 5.23. The van der Waals surface area contributed by atoms with Gasteiger partial charge >= 0.3 is 0 Å². The maximum absolute atomic E-state index is 5.85. The number of hydrogen-bond donors (Lipinski definition) is 2. The molecule has 0 aliphatic heterocycles. The summed E-state index contributed by atoms with van der Waals surface area (Å²) >= 11 is 0. The third kappa shape index (κ3) is 2.34. The smallest absolute Gasteiger partial charge is 0.148 e. The van der Waals surface area contributed by atoms with E-state index >= 15 is 0 Å². The molecule has 0 aliphatic rings. The summed E-state index contributed by atoms with van der Waals surface area (Å²) in [5.74, 6) is 0.877. The molecule has 0 spiro atoms. The van der Waals surface area contributed by atoms with Gasteiger partial charge in [-0.05, 0) is 24.1 Å². The number of benzene rings is 1. The third-order valence-electron chi connectivity index (χ3n) is 2.53. The summed E-state index contributed by atoms with van der Waals surface area (Å²) in [6.45, 7) is 2.74. The van der Waals surface area contributed by atoms with E-state index in [9.17, 15) is 0 Å². The topological polar surface area (TPSA) is 55.9 Å². The highest BCUT2D eigenvalue weighted by Gasteiger charge is 1.99. The van der Waals surface area contributed by atoms with Gasteiger partial charge in [-0.1, -0.05) is 12.1 Å². The lowest BCUT2D eigenvalue weighted by atomic mass is 10.1. The Kier molecular flexibility index (Phi) is 2.81. The van der Waals surface area contributed by atoms with Crippen LogP contribution in [0, 0.1) is 6.92 Å². The molecule has 2 rings (SSSR count). The maximum atomic E-state index is 5.85. The predicted molar refractivity (Wildman–Crippen MR) is 66.1 cm³/mol. The van der Waals surface area contributed by atoms with Crippen LogP contribution in [0.3, 0.4) is 0 Å². The van der Waals surface area contributed by atoms with Gasteiger partial charge in [-0.2, -0.15) is 5.10 Å². The summed E-state index contributed by atoms with van der Waals surface area (Å²) in [4.78, 5) is 0. The number of hydrogen-bond acceptors (Lipinski definition) is 3. The fourth-order valence-electron chi connectivity index (χ4n) is 1.50. The van der Waals surface area contributed by atoms with Crippen molar-refractivity contribution >= 4 is 11.5 Å². The first-order valence-corrected chi connectivity index (χ1v) is 5.23. The van der Waals surface area contributed by atoms with Crippen molar-refractivity contribution in [3.8, 4) is 0 Å². The number of nitrogens with zero attached hydrogens (tertiary/aromatic N) is 2. The molecule has 1 aromatic carbocycles. The van der Waals surface area contributed by atoms with Crippen molar-refractivity contribution in [2.45, 2.75) is 13.5 Å². The van der Waals surface area contributed by atoms with Gasteiger partial charge in [0.1, 0.15) is 5.82 Å². The SMILES string of the molecule is Cc1ccc(CNc2ccn(C)n2)cc1N. The number of aromatic nitrogens is 2. The number of rotatable bonds is 3. The van der Waals surface area contributed by atoms with Crippen molar-refractivity contribution in [2.75, 3.05) is 11.1 Å². The third-order valence-corrected chi connectivity index (χ3v) is 2.53. The van der Waals surface area contributed by atoms with Gasteiger partial charge in [0.25, 0.3) is 0 Å². The molecule has 0 unspecified atom stereocenters. The molecule has 3 N–H and O–H groups in total. The second-order valence-corrected chi connectivity index (χ2v) is 3.92. The Labute approximate surface area is 95.1 Å². The Balaban J connectivity index is 2.02. The van der Waals surface area contributed by atoms with Gasteiger partial charge in [0.2, 0.25) is 0 Å². The molecule has 0 fully saturated rings. The molecular formula is C12H16N4. The minimum absolute atomic E-state index is 0.738. The van der Waals surface area contributed by atoms with E-state index < -0.39 is 0 Å². The van der Waals surface area contributed by atoms with Gasteiger partial charge in [-0.25, -0.2) is 0 Å². The van der Waals surface area contributed by atoms with Crippen LogP contribution in [0.5, 0.6) is 0 Å². The molecule has 0 saturated carbocycles. The van der Waals surface area contributed by atoms with E-state index in [4.69, 9.17) is 5.73 Å². The lowest BCUT2D eigenvalue weighted by molar-refractivity contribution is 0.768. The highest BCUT2D eigenvalue weighted by Crippen LogP contribution is 2.14. The number of aryl methyl sites for hydroxylation is 2. The van der Waals surface area contributed by atoms with Crippen LogP contribution in [0.1, 0.15) is 11.1 Å². The normalized spacial score (nSPS) is 10.4. The van der Waals surface area contributed by atoms with E-state index in [0.717, 1.165) is 29.2 Å². The monoisotopic (exact) mass is 216 g/mol. The molecule has 4 nitrogen and oxygen atoms in total. The number of nitrogens with two attached hydrogens (primary N) is 1. The number of anilines is 2. The van der Waals surface area contributed by atoms with E-state index in [1.54, 1.807) is 4.68 Å². The molecule has 0 aliphatic carbocycles. The van der Waals surface area contributed by atoms with Crippen LogP contribution in [0.15, 0.2) is 30.5 Å². The molecule has 2 aromatic rings. The van der Waals surface area contributed by atoms with E-state index in [0.29, 0.717) is 0 Å². The Morgan fingerprint density at radius 1 is 1.38 bits per heavy atom. The highest BCUT2D eigenvalue weighted by molar-refractivity contribution is 5.49.